The lowest BCUT2D eigenvalue weighted by Gasteiger charge is -2.09. The maximum atomic E-state index is 12.1. The Morgan fingerprint density at radius 3 is 2.27 bits per heavy atom. The fourth-order valence-electron chi connectivity index (χ4n) is 2.64. The Bertz CT molecular complexity index is 668. The molecule has 0 spiro atoms. The lowest BCUT2D eigenvalue weighted by Crippen LogP contribution is -2.25. The van der Waals surface area contributed by atoms with Gasteiger partial charge < -0.3 is 5.32 Å². The topological polar surface area (TPSA) is 53.5 Å². The number of rotatable bonds is 11. The van der Waals surface area contributed by atoms with E-state index in [1.807, 2.05) is 60.7 Å². The van der Waals surface area contributed by atoms with E-state index in [4.69, 9.17) is 0 Å². The average molecular weight is 351 g/mol. The summed E-state index contributed by atoms with van der Waals surface area (Å²) >= 11 is 0. The third-order valence-corrected chi connectivity index (χ3v) is 4.14. The molecule has 0 atom stereocenters. The van der Waals surface area contributed by atoms with Gasteiger partial charge in [0.25, 0.3) is 0 Å². The Hall–Kier alpha value is -2.62. The zero-order chi connectivity index (χ0) is 18.5. The van der Waals surface area contributed by atoms with Crippen LogP contribution in [0.3, 0.4) is 0 Å². The molecule has 2 aromatic rings. The average Bonchev–Trinajstić information content (AvgIpc) is 2.69. The van der Waals surface area contributed by atoms with E-state index >= 15 is 0 Å². The van der Waals surface area contributed by atoms with Gasteiger partial charge in [-0.1, -0.05) is 74.7 Å². The highest BCUT2D eigenvalue weighted by Crippen LogP contribution is 2.10. The number of benzene rings is 2. The summed E-state index contributed by atoms with van der Waals surface area (Å²) in [7, 11) is 0. The Balaban J connectivity index is 1.89. The molecule has 1 amide bonds. The van der Waals surface area contributed by atoms with Gasteiger partial charge in [-0.25, -0.2) is 0 Å². The molecule has 0 saturated heterocycles. The number of amides is 1. The summed E-state index contributed by atoms with van der Waals surface area (Å²) in [5, 5.41) is 7.55. The monoisotopic (exact) mass is 351 g/mol. The molecule has 0 fully saturated rings. The van der Waals surface area contributed by atoms with Gasteiger partial charge in [0, 0.05) is 19.4 Å². The molecule has 0 aromatic heterocycles. The molecule has 0 heterocycles. The number of carbonyl (C=O) groups is 1. The fraction of sp³-hybridized carbons (Fsp3) is 0.364. The molecule has 138 valence electrons. The number of para-hydroxylation sites is 1. The van der Waals surface area contributed by atoms with Gasteiger partial charge in [0.05, 0.1) is 11.4 Å². The van der Waals surface area contributed by atoms with Gasteiger partial charge >= 0.3 is 0 Å². The van der Waals surface area contributed by atoms with Gasteiger partial charge in [0.15, 0.2) is 0 Å². The van der Waals surface area contributed by atoms with Crippen molar-refractivity contribution in [2.24, 2.45) is 5.10 Å². The smallest absolute Gasteiger partial charge is 0.220 e. The molecule has 2 rings (SSSR count). The second-order valence-corrected chi connectivity index (χ2v) is 6.31. The van der Waals surface area contributed by atoms with Crippen molar-refractivity contribution in [2.45, 2.75) is 45.4 Å². The van der Waals surface area contributed by atoms with Crippen molar-refractivity contribution < 1.29 is 4.79 Å². The number of hydrogen-bond donors (Lipinski definition) is 2. The third kappa shape index (κ3) is 7.51. The maximum Gasteiger partial charge on any atom is 0.220 e. The van der Waals surface area contributed by atoms with E-state index in [-0.39, 0.29) is 5.91 Å². The van der Waals surface area contributed by atoms with Gasteiger partial charge in [-0.3, -0.25) is 10.2 Å². The SMILES string of the molecule is CCCCCCNC(=O)CC/C(=N/Nc1ccccc1)c1ccccc1. The van der Waals surface area contributed by atoms with Crippen LogP contribution >= 0.6 is 0 Å². The largest absolute Gasteiger partial charge is 0.356 e. The maximum absolute atomic E-state index is 12.1. The minimum Gasteiger partial charge on any atom is -0.356 e. The van der Waals surface area contributed by atoms with Crippen molar-refractivity contribution in [1.82, 2.24) is 5.32 Å². The summed E-state index contributed by atoms with van der Waals surface area (Å²) in [6, 6.07) is 19.8. The molecule has 0 aliphatic rings. The molecule has 0 unspecified atom stereocenters. The van der Waals surface area contributed by atoms with Crippen LogP contribution in [-0.4, -0.2) is 18.2 Å². The minimum absolute atomic E-state index is 0.0878. The molecule has 4 heteroatoms. The summed E-state index contributed by atoms with van der Waals surface area (Å²) in [6.07, 6.45) is 5.71. The molecule has 0 aliphatic carbocycles. The van der Waals surface area contributed by atoms with E-state index in [1.165, 1.54) is 19.3 Å². The highest BCUT2D eigenvalue weighted by Gasteiger charge is 2.08. The van der Waals surface area contributed by atoms with Crippen LogP contribution in [-0.2, 0) is 4.79 Å². The molecule has 2 aromatic carbocycles. The Labute approximate surface area is 156 Å². The third-order valence-electron chi connectivity index (χ3n) is 4.14. The van der Waals surface area contributed by atoms with Crippen molar-refractivity contribution in [1.29, 1.82) is 0 Å². The number of carbonyl (C=O) groups excluding carboxylic acids is 1. The summed E-state index contributed by atoms with van der Waals surface area (Å²) in [6.45, 7) is 2.95. The number of nitrogens with one attached hydrogen (secondary N) is 2. The van der Waals surface area contributed by atoms with Gasteiger partial charge in [0.2, 0.25) is 5.91 Å². The Morgan fingerprint density at radius 2 is 1.58 bits per heavy atom. The van der Waals surface area contributed by atoms with Crippen molar-refractivity contribution in [3.8, 4) is 0 Å². The second kappa shape index (κ2) is 11.9. The lowest BCUT2D eigenvalue weighted by molar-refractivity contribution is -0.120. The van der Waals surface area contributed by atoms with Crippen molar-refractivity contribution in [3.63, 3.8) is 0 Å². The highest BCUT2D eigenvalue weighted by molar-refractivity contribution is 6.02. The Morgan fingerprint density at radius 1 is 0.885 bits per heavy atom. The van der Waals surface area contributed by atoms with Gasteiger partial charge in [0.1, 0.15) is 0 Å². The highest BCUT2D eigenvalue weighted by atomic mass is 16.1. The number of unbranched alkanes of at least 4 members (excludes halogenated alkanes) is 3. The number of hydrazone groups is 1. The van der Waals surface area contributed by atoms with Crippen LogP contribution in [0, 0.1) is 0 Å². The number of hydrogen-bond acceptors (Lipinski definition) is 3. The molecule has 2 N–H and O–H groups in total. The van der Waals surface area contributed by atoms with E-state index in [0.29, 0.717) is 12.8 Å². The van der Waals surface area contributed by atoms with E-state index < -0.39 is 0 Å². The zero-order valence-corrected chi connectivity index (χ0v) is 15.6. The first-order valence-electron chi connectivity index (χ1n) is 9.49. The van der Waals surface area contributed by atoms with Gasteiger partial charge in [-0.2, -0.15) is 5.10 Å². The van der Waals surface area contributed by atoms with E-state index in [0.717, 1.165) is 29.9 Å². The zero-order valence-electron chi connectivity index (χ0n) is 15.6. The van der Waals surface area contributed by atoms with Crippen LogP contribution in [0.2, 0.25) is 0 Å². The molecule has 0 aliphatic heterocycles. The number of anilines is 1. The normalized spacial score (nSPS) is 11.2. The quantitative estimate of drug-likeness (QED) is 0.341. The summed E-state index contributed by atoms with van der Waals surface area (Å²) in [4.78, 5) is 12.1. The lowest BCUT2D eigenvalue weighted by atomic mass is 10.1. The van der Waals surface area contributed by atoms with E-state index in [1.54, 1.807) is 0 Å². The summed E-state index contributed by atoms with van der Waals surface area (Å²) in [5.74, 6) is 0.0878. The second-order valence-electron chi connectivity index (χ2n) is 6.31. The van der Waals surface area contributed by atoms with Gasteiger partial charge in [-0.15, -0.1) is 0 Å². The van der Waals surface area contributed by atoms with Crippen LogP contribution < -0.4 is 10.7 Å². The molecule has 26 heavy (non-hydrogen) atoms. The molecular formula is C22H29N3O. The van der Waals surface area contributed by atoms with Gasteiger partial charge in [-0.05, 0) is 24.1 Å². The van der Waals surface area contributed by atoms with E-state index in [9.17, 15) is 4.79 Å². The molecular weight excluding hydrogens is 322 g/mol. The number of nitrogens with zero attached hydrogens (tertiary/aromatic N) is 1. The van der Waals surface area contributed by atoms with Crippen LogP contribution in [0.15, 0.2) is 65.8 Å². The Kier molecular flexibility index (Phi) is 8.98. The van der Waals surface area contributed by atoms with Crippen LogP contribution in [0.25, 0.3) is 0 Å². The minimum atomic E-state index is 0.0878. The summed E-state index contributed by atoms with van der Waals surface area (Å²) in [5.41, 5.74) is 5.94. The first-order valence-corrected chi connectivity index (χ1v) is 9.49. The van der Waals surface area contributed by atoms with Crippen LogP contribution in [0.1, 0.15) is 51.0 Å². The molecule has 0 radical (unpaired) electrons. The molecule has 4 nitrogen and oxygen atoms in total. The molecule has 0 saturated carbocycles. The predicted octanol–water partition coefficient (Wildman–Crippen LogP) is 4.98. The van der Waals surface area contributed by atoms with E-state index in [2.05, 4.69) is 22.8 Å². The van der Waals surface area contributed by atoms with Crippen molar-refractivity contribution in [2.75, 3.05) is 12.0 Å². The predicted molar refractivity (Wildman–Crippen MR) is 109 cm³/mol. The first-order chi connectivity index (χ1) is 12.8. The fourth-order valence-corrected chi connectivity index (χ4v) is 2.64. The first kappa shape index (κ1) is 19.7. The summed E-state index contributed by atoms with van der Waals surface area (Å²) < 4.78 is 0. The van der Waals surface area contributed by atoms with Crippen LogP contribution in [0.4, 0.5) is 5.69 Å². The standard InChI is InChI=1S/C22H29N3O/c1-2-3-4-11-18-23-22(26)17-16-21(19-12-7-5-8-13-19)25-24-20-14-9-6-10-15-20/h5-10,12-15,24H,2-4,11,16-18H2,1H3,(H,23,26)/b25-21-. The molecule has 0 bridgehead atoms. The van der Waals surface area contributed by atoms with Crippen LogP contribution in [0.5, 0.6) is 0 Å². The van der Waals surface area contributed by atoms with Crippen molar-refractivity contribution >= 4 is 17.3 Å². The van der Waals surface area contributed by atoms with Crippen molar-refractivity contribution in [3.05, 3.63) is 66.2 Å².